The van der Waals surface area contributed by atoms with E-state index in [4.69, 9.17) is 23.2 Å². The average molecular weight is 478 g/mol. The fourth-order valence-corrected chi connectivity index (χ4v) is 4.94. The molecule has 1 aromatic heterocycles. The third-order valence-electron chi connectivity index (χ3n) is 4.11. The van der Waals surface area contributed by atoms with Gasteiger partial charge in [-0.05, 0) is 54.6 Å². The van der Waals surface area contributed by atoms with Crippen molar-refractivity contribution in [3.05, 3.63) is 82.3 Å². The molecule has 30 heavy (non-hydrogen) atoms. The number of fused-ring (bicyclic) bond motifs is 1. The van der Waals surface area contributed by atoms with Gasteiger partial charge in [-0.15, -0.1) is 0 Å². The first-order chi connectivity index (χ1) is 14.3. The van der Waals surface area contributed by atoms with Crippen LogP contribution in [0.5, 0.6) is 0 Å². The predicted octanol–water partition coefficient (Wildman–Crippen LogP) is 5.66. The number of carbonyl (C=O) groups is 1. The molecule has 0 fully saturated rings. The smallest absolute Gasteiger partial charge is 0.261 e. The Hall–Kier alpha value is -2.65. The first kappa shape index (κ1) is 20.6. The molecule has 0 unspecified atom stereocenters. The monoisotopic (exact) mass is 477 g/mol. The van der Waals surface area contributed by atoms with Gasteiger partial charge in [0.2, 0.25) is 0 Å². The molecule has 1 amide bonds. The number of hydrogen-bond acceptors (Lipinski definition) is 5. The molecule has 2 N–H and O–H groups in total. The van der Waals surface area contributed by atoms with E-state index in [1.807, 2.05) is 24.3 Å². The molecule has 1 heterocycles. The van der Waals surface area contributed by atoms with E-state index in [-0.39, 0.29) is 16.1 Å². The van der Waals surface area contributed by atoms with Gasteiger partial charge in [-0.25, -0.2) is 13.4 Å². The second kappa shape index (κ2) is 8.23. The van der Waals surface area contributed by atoms with Crippen LogP contribution in [-0.2, 0) is 10.0 Å². The third kappa shape index (κ3) is 4.41. The fraction of sp³-hybridized carbons (Fsp3) is 0. The number of hydrogen-bond donors (Lipinski definition) is 2. The minimum atomic E-state index is -3.94. The third-order valence-corrected chi connectivity index (χ3v) is 6.93. The van der Waals surface area contributed by atoms with E-state index < -0.39 is 15.9 Å². The molecular formula is C20H13Cl2N3O3S2. The van der Waals surface area contributed by atoms with E-state index in [1.165, 1.54) is 53.8 Å². The molecular weight excluding hydrogens is 465 g/mol. The van der Waals surface area contributed by atoms with Crippen LogP contribution in [0.3, 0.4) is 0 Å². The largest absolute Gasteiger partial charge is 0.298 e. The van der Waals surface area contributed by atoms with E-state index in [2.05, 4.69) is 15.0 Å². The van der Waals surface area contributed by atoms with Gasteiger partial charge in [0.1, 0.15) is 0 Å². The summed E-state index contributed by atoms with van der Waals surface area (Å²) in [5, 5.41) is 3.81. The summed E-state index contributed by atoms with van der Waals surface area (Å²) in [6.45, 7) is 0. The number of anilines is 2. The van der Waals surface area contributed by atoms with Crippen molar-refractivity contribution < 1.29 is 13.2 Å². The van der Waals surface area contributed by atoms with Crippen molar-refractivity contribution >= 4 is 71.5 Å². The number of halogens is 2. The zero-order chi connectivity index (χ0) is 21.3. The van der Waals surface area contributed by atoms with E-state index >= 15 is 0 Å². The van der Waals surface area contributed by atoms with Crippen LogP contribution in [0, 0.1) is 0 Å². The lowest BCUT2D eigenvalue weighted by Gasteiger charge is -2.13. The van der Waals surface area contributed by atoms with Gasteiger partial charge in [0.25, 0.3) is 15.9 Å². The molecule has 0 saturated carbocycles. The topological polar surface area (TPSA) is 88.2 Å². The van der Waals surface area contributed by atoms with Crippen molar-refractivity contribution in [2.24, 2.45) is 0 Å². The summed E-state index contributed by atoms with van der Waals surface area (Å²) in [5.41, 5.74) is 0.916. The lowest BCUT2D eigenvalue weighted by Crippen LogP contribution is -2.18. The van der Waals surface area contributed by atoms with Crippen LogP contribution in [0.4, 0.5) is 10.8 Å². The van der Waals surface area contributed by atoms with Gasteiger partial charge >= 0.3 is 0 Å². The Kier molecular flexibility index (Phi) is 5.66. The number of thiazole rings is 1. The van der Waals surface area contributed by atoms with Crippen LogP contribution in [0.25, 0.3) is 10.2 Å². The highest BCUT2D eigenvalue weighted by Crippen LogP contribution is 2.28. The van der Waals surface area contributed by atoms with Crippen LogP contribution in [-0.4, -0.2) is 19.3 Å². The van der Waals surface area contributed by atoms with E-state index in [0.29, 0.717) is 15.2 Å². The molecule has 0 aliphatic heterocycles. The number of para-hydroxylation sites is 1. The maximum atomic E-state index is 12.9. The molecule has 0 aliphatic carbocycles. The number of carbonyl (C=O) groups excluding carboxylic acids is 1. The minimum absolute atomic E-state index is 0.0133. The fourth-order valence-electron chi connectivity index (χ4n) is 2.70. The quantitative estimate of drug-likeness (QED) is 0.388. The van der Waals surface area contributed by atoms with Gasteiger partial charge in [-0.1, -0.05) is 46.7 Å². The van der Waals surface area contributed by atoms with E-state index in [0.717, 1.165) is 10.2 Å². The number of amides is 1. The lowest BCUT2D eigenvalue weighted by molar-refractivity contribution is 0.102. The maximum absolute atomic E-state index is 12.9. The zero-order valence-corrected chi connectivity index (χ0v) is 18.2. The molecule has 0 aliphatic rings. The van der Waals surface area contributed by atoms with Crippen molar-refractivity contribution in [3.8, 4) is 0 Å². The van der Waals surface area contributed by atoms with Gasteiger partial charge in [0.05, 0.1) is 26.4 Å². The Balaban J connectivity index is 1.64. The Bertz CT molecular complexity index is 1320. The second-order valence-corrected chi connectivity index (χ2v) is 9.78. The Morgan fingerprint density at radius 3 is 2.37 bits per heavy atom. The number of nitrogens with zero attached hydrogens (tertiary/aromatic N) is 1. The summed E-state index contributed by atoms with van der Waals surface area (Å²) in [6.07, 6.45) is 0. The van der Waals surface area contributed by atoms with Gasteiger partial charge in [0.15, 0.2) is 5.13 Å². The molecule has 0 atom stereocenters. The zero-order valence-electron chi connectivity index (χ0n) is 15.1. The second-order valence-electron chi connectivity index (χ2n) is 6.19. The summed E-state index contributed by atoms with van der Waals surface area (Å²) >= 11 is 13.2. The summed E-state index contributed by atoms with van der Waals surface area (Å²) in [7, 11) is -3.94. The number of nitrogens with one attached hydrogen (secondary N) is 2. The molecule has 152 valence electrons. The molecule has 6 nitrogen and oxygen atoms in total. The Morgan fingerprint density at radius 1 is 0.933 bits per heavy atom. The van der Waals surface area contributed by atoms with Gasteiger partial charge < -0.3 is 0 Å². The summed E-state index contributed by atoms with van der Waals surface area (Å²) in [6, 6.07) is 17.5. The van der Waals surface area contributed by atoms with Crippen molar-refractivity contribution in [3.63, 3.8) is 0 Å². The Labute approximate surface area is 186 Å². The van der Waals surface area contributed by atoms with Gasteiger partial charge in [-0.3, -0.25) is 14.8 Å². The number of sulfonamides is 1. The highest BCUT2D eigenvalue weighted by Gasteiger charge is 2.20. The molecule has 0 saturated heterocycles. The van der Waals surface area contributed by atoms with Crippen LogP contribution >= 0.6 is 34.5 Å². The maximum Gasteiger partial charge on any atom is 0.261 e. The predicted molar refractivity (Wildman–Crippen MR) is 121 cm³/mol. The molecule has 0 radical (unpaired) electrons. The van der Waals surface area contributed by atoms with E-state index in [9.17, 15) is 13.2 Å². The minimum Gasteiger partial charge on any atom is -0.298 e. The van der Waals surface area contributed by atoms with E-state index in [1.54, 1.807) is 0 Å². The van der Waals surface area contributed by atoms with Crippen molar-refractivity contribution in [2.45, 2.75) is 4.90 Å². The Morgan fingerprint density at radius 2 is 1.63 bits per heavy atom. The van der Waals surface area contributed by atoms with Crippen LogP contribution < -0.4 is 10.0 Å². The number of benzene rings is 3. The first-order valence-corrected chi connectivity index (χ1v) is 11.6. The normalized spacial score (nSPS) is 11.4. The molecule has 10 heteroatoms. The number of rotatable bonds is 5. The van der Waals surface area contributed by atoms with Crippen LogP contribution in [0.15, 0.2) is 71.6 Å². The standard InChI is InChI=1S/C20H13Cl2N3O3S2/c21-12-5-8-14(9-6-12)30(27,28)25-16-10-7-13(22)11-15(16)19(26)24-20-23-17-3-1-2-4-18(17)29-20/h1-11,25H,(H,23,24,26). The highest BCUT2D eigenvalue weighted by atomic mass is 35.5. The number of aromatic nitrogens is 1. The van der Waals surface area contributed by atoms with Crippen LogP contribution in [0.1, 0.15) is 10.4 Å². The first-order valence-electron chi connectivity index (χ1n) is 8.57. The highest BCUT2D eigenvalue weighted by molar-refractivity contribution is 7.92. The van der Waals surface area contributed by atoms with Crippen LogP contribution in [0.2, 0.25) is 10.0 Å². The van der Waals surface area contributed by atoms with Crippen molar-refractivity contribution in [1.82, 2.24) is 4.98 Å². The summed E-state index contributed by atoms with van der Waals surface area (Å²) < 4.78 is 28.8. The summed E-state index contributed by atoms with van der Waals surface area (Å²) in [4.78, 5) is 17.3. The van der Waals surface area contributed by atoms with Crippen molar-refractivity contribution in [1.29, 1.82) is 0 Å². The molecule has 4 aromatic rings. The van der Waals surface area contributed by atoms with Gasteiger partial charge in [0, 0.05) is 10.0 Å². The molecule has 0 spiro atoms. The molecule has 0 bridgehead atoms. The molecule has 4 rings (SSSR count). The summed E-state index contributed by atoms with van der Waals surface area (Å²) in [5.74, 6) is -0.537. The van der Waals surface area contributed by atoms with Crippen molar-refractivity contribution in [2.75, 3.05) is 10.0 Å². The average Bonchev–Trinajstić information content (AvgIpc) is 3.11. The molecule has 3 aromatic carbocycles. The lowest BCUT2D eigenvalue weighted by atomic mass is 10.1. The SMILES string of the molecule is O=C(Nc1nc2ccccc2s1)c1cc(Cl)ccc1NS(=O)(=O)c1ccc(Cl)cc1. The van der Waals surface area contributed by atoms with Gasteiger partial charge in [-0.2, -0.15) is 0 Å².